The number of aromatic nitrogens is 2. The molecule has 1 unspecified atom stereocenters. The average Bonchev–Trinajstić information content (AvgIpc) is 3.48. The van der Waals surface area contributed by atoms with Crippen molar-refractivity contribution in [2.24, 2.45) is 4.99 Å². The summed E-state index contributed by atoms with van der Waals surface area (Å²) in [7, 11) is 4.09. The number of likely N-dealkylation sites (N-methyl/N-ethyl adjacent to an activating group) is 1. The highest BCUT2D eigenvalue weighted by atomic mass is 127. The second-order valence-corrected chi connectivity index (χ2v) is 6.70. The Labute approximate surface area is 167 Å². The van der Waals surface area contributed by atoms with E-state index >= 15 is 0 Å². The van der Waals surface area contributed by atoms with Crippen LogP contribution in [0.5, 0.6) is 0 Å². The Morgan fingerprint density at radius 2 is 1.92 bits per heavy atom. The topological polar surface area (TPSA) is 59.9 Å². The van der Waals surface area contributed by atoms with Gasteiger partial charge in [-0.3, -0.25) is 9.89 Å². The van der Waals surface area contributed by atoms with Crippen LogP contribution >= 0.6 is 24.0 Å². The lowest BCUT2D eigenvalue weighted by Crippen LogP contribution is -2.54. The first kappa shape index (κ1) is 20.2. The van der Waals surface area contributed by atoms with Crippen LogP contribution in [0.2, 0.25) is 0 Å². The molecule has 1 saturated carbocycles. The molecule has 2 fully saturated rings. The first-order chi connectivity index (χ1) is 11.7. The zero-order chi connectivity index (χ0) is 16.9. The van der Waals surface area contributed by atoms with Gasteiger partial charge in [0.1, 0.15) is 0 Å². The molecule has 2 heterocycles. The summed E-state index contributed by atoms with van der Waals surface area (Å²) >= 11 is 0. The zero-order valence-corrected chi connectivity index (χ0v) is 17.8. The second-order valence-electron chi connectivity index (χ2n) is 6.70. The van der Waals surface area contributed by atoms with Gasteiger partial charge in [0.2, 0.25) is 5.95 Å². The van der Waals surface area contributed by atoms with E-state index in [1.54, 1.807) is 12.4 Å². The Morgan fingerprint density at radius 1 is 1.28 bits per heavy atom. The van der Waals surface area contributed by atoms with Crippen LogP contribution in [0.15, 0.2) is 23.5 Å². The number of nitrogens with zero attached hydrogens (tertiary/aromatic N) is 6. The van der Waals surface area contributed by atoms with E-state index in [2.05, 4.69) is 48.9 Å². The van der Waals surface area contributed by atoms with Crippen molar-refractivity contribution >= 4 is 35.9 Å². The first-order valence-electron chi connectivity index (χ1n) is 8.88. The van der Waals surface area contributed by atoms with Crippen LogP contribution in [-0.4, -0.2) is 84.6 Å². The van der Waals surface area contributed by atoms with E-state index < -0.39 is 0 Å². The van der Waals surface area contributed by atoms with Gasteiger partial charge >= 0.3 is 0 Å². The minimum absolute atomic E-state index is 0. The molecule has 8 heteroatoms. The minimum Gasteiger partial charge on any atom is -0.355 e. The van der Waals surface area contributed by atoms with Crippen LogP contribution in [0.1, 0.15) is 19.8 Å². The van der Waals surface area contributed by atoms with Crippen molar-refractivity contribution in [1.82, 2.24) is 25.1 Å². The number of anilines is 1. The predicted molar refractivity (Wildman–Crippen MR) is 113 cm³/mol. The molecule has 2 aliphatic rings. The van der Waals surface area contributed by atoms with Crippen LogP contribution in [-0.2, 0) is 0 Å². The van der Waals surface area contributed by atoms with Crippen molar-refractivity contribution < 1.29 is 0 Å². The van der Waals surface area contributed by atoms with Crippen LogP contribution in [0.25, 0.3) is 0 Å². The molecule has 1 aliphatic carbocycles. The van der Waals surface area contributed by atoms with E-state index in [4.69, 9.17) is 0 Å². The number of hydrogen-bond donors (Lipinski definition) is 1. The summed E-state index contributed by atoms with van der Waals surface area (Å²) in [6, 6.07) is 3.16. The monoisotopic (exact) mass is 459 g/mol. The molecule has 1 N–H and O–H groups in total. The zero-order valence-electron chi connectivity index (χ0n) is 15.4. The van der Waals surface area contributed by atoms with E-state index in [1.807, 2.05) is 13.1 Å². The fourth-order valence-electron chi connectivity index (χ4n) is 3.13. The number of hydrogen-bond acceptors (Lipinski definition) is 5. The standard InChI is InChI=1S/C17H29N7.HI/c1-14(22(3)15-5-6-15)13-21-16(18-2)23-9-11-24(12-10-23)17-19-7-4-8-20-17;/h4,7-8,14-15H,5-6,9-13H2,1-3H3,(H,18,21);1H. The van der Waals surface area contributed by atoms with Crippen molar-refractivity contribution in [1.29, 1.82) is 0 Å². The first-order valence-corrected chi connectivity index (χ1v) is 8.88. The summed E-state index contributed by atoms with van der Waals surface area (Å²) in [6.45, 7) is 6.92. The molecule has 0 spiro atoms. The number of halogens is 1. The Bertz CT molecular complexity index is 541. The van der Waals surface area contributed by atoms with E-state index in [1.165, 1.54) is 12.8 Å². The quantitative estimate of drug-likeness (QED) is 0.407. The van der Waals surface area contributed by atoms with Gasteiger partial charge in [0.15, 0.2) is 5.96 Å². The molecule has 1 atom stereocenters. The van der Waals surface area contributed by atoms with Crippen molar-refractivity contribution in [2.75, 3.05) is 51.7 Å². The van der Waals surface area contributed by atoms with Gasteiger partial charge in [-0.2, -0.15) is 0 Å². The Balaban J connectivity index is 0.00000225. The summed E-state index contributed by atoms with van der Waals surface area (Å²) in [5.41, 5.74) is 0. The maximum atomic E-state index is 4.46. The molecule has 25 heavy (non-hydrogen) atoms. The van der Waals surface area contributed by atoms with Crippen LogP contribution in [0, 0.1) is 0 Å². The number of guanidine groups is 1. The molecule has 7 nitrogen and oxygen atoms in total. The third kappa shape index (κ3) is 5.40. The van der Waals surface area contributed by atoms with Gasteiger partial charge < -0.3 is 15.1 Å². The van der Waals surface area contributed by atoms with Crippen molar-refractivity contribution in [3.63, 3.8) is 0 Å². The number of piperazine rings is 1. The SMILES string of the molecule is CN=C(NCC(C)N(C)C1CC1)N1CCN(c2ncccn2)CC1.I. The highest BCUT2D eigenvalue weighted by Gasteiger charge is 2.29. The maximum Gasteiger partial charge on any atom is 0.225 e. The molecule has 3 rings (SSSR count). The fourth-order valence-corrected chi connectivity index (χ4v) is 3.13. The van der Waals surface area contributed by atoms with Crippen molar-refractivity contribution in [3.8, 4) is 0 Å². The second kappa shape index (κ2) is 9.51. The average molecular weight is 459 g/mol. The van der Waals surface area contributed by atoms with Gasteiger partial charge in [-0.15, -0.1) is 24.0 Å². The van der Waals surface area contributed by atoms with Crippen LogP contribution in [0.3, 0.4) is 0 Å². The minimum atomic E-state index is 0. The van der Waals surface area contributed by atoms with Gasteiger partial charge in [0.05, 0.1) is 0 Å². The third-order valence-corrected chi connectivity index (χ3v) is 5.00. The van der Waals surface area contributed by atoms with E-state index in [-0.39, 0.29) is 24.0 Å². The normalized spacial score (nSPS) is 19.6. The molecule has 0 amide bonds. The molecule has 1 aromatic rings. The number of nitrogens with one attached hydrogen (secondary N) is 1. The molecular weight excluding hydrogens is 429 g/mol. The highest BCUT2D eigenvalue weighted by molar-refractivity contribution is 14.0. The molecule has 0 bridgehead atoms. The molecular formula is C17H30IN7. The molecule has 140 valence electrons. The summed E-state index contributed by atoms with van der Waals surface area (Å²) in [4.78, 5) is 20.2. The Hall–Kier alpha value is -1.16. The number of rotatable bonds is 5. The van der Waals surface area contributed by atoms with E-state index in [9.17, 15) is 0 Å². The summed E-state index contributed by atoms with van der Waals surface area (Å²) in [6.07, 6.45) is 6.29. The summed E-state index contributed by atoms with van der Waals surface area (Å²) in [5.74, 6) is 1.82. The fraction of sp³-hybridized carbons (Fsp3) is 0.706. The van der Waals surface area contributed by atoms with E-state index in [0.717, 1.165) is 50.7 Å². The smallest absolute Gasteiger partial charge is 0.225 e. The lowest BCUT2D eigenvalue weighted by atomic mass is 10.3. The molecule has 1 aromatic heterocycles. The summed E-state index contributed by atoms with van der Waals surface area (Å²) in [5, 5.41) is 3.54. The number of aliphatic imine (C=N–C) groups is 1. The molecule has 1 aliphatic heterocycles. The van der Waals surface area contributed by atoms with Gasteiger partial charge in [-0.25, -0.2) is 9.97 Å². The van der Waals surface area contributed by atoms with Crippen LogP contribution < -0.4 is 10.2 Å². The van der Waals surface area contributed by atoms with Gasteiger partial charge in [0, 0.05) is 64.2 Å². The van der Waals surface area contributed by atoms with Crippen LogP contribution in [0.4, 0.5) is 5.95 Å². The largest absolute Gasteiger partial charge is 0.355 e. The summed E-state index contributed by atoms with van der Waals surface area (Å²) < 4.78 is 0. The Morgan fingerprint density at radius 3 is 2.48 bits per heavy atom. The highest BCUT2D eigenvalue weighted by Crippen LogP contribution is 2.26. The van der Waals surface area contributed by atoms with Crippen molar-refractivity contribution in [2.45, 2.75) is 31.8 Å². The van der Waals surface area contributed by atoms with Crippen molar-refractivity contribution in [3.05, 3.63) is 18.5 Å². The van der Waals surface area contributed by atoms with Gasteiger partial charge in [-0.05, 0) is 32.9 Å². The third-order valence-electron chi connectivity index (χ3n) is 5.00. The van der Waals surface area contributed by atoms with Gasteiger partial charge in [0.25, 0.3) is 0 Å². The predicted octanol–water partition coefficient (Wildman–Crippen LogP) is 1.27. The van der Waals surface area contributed by atoms with E-state index in [0.29, 0.717) is 6.04 Å². The van der Waals surface area contributed by atoms with Gasteiger partial charge in [-0.1, -0.05) is 0 Å². The lowest BCUT2D eigenvalue weighted by Gasteiger charge is -2.37. The lowest BCUT2D eigenvalue weighted by molar-refractivity contribution is 0.245. The maximum absolute atomic E-state index is 4.46. The molecule has 0 radical (unpaired) electrons. The molecule has 0 aromatic carbocycles. The molecule has 1 saturated heterocycles. The Kier molecular flexibility index (Phi) is 7.67.